The number of carbonyl (C=O) groups excluding carboxylic acids is 2. The van der Waals surface area contributed by atoms with Gasteiger partial charge in [-0.05, 0) is 97.1 Å². The third-order valence-corrected chi connectivity index (χ3v) is 15.8. The summed E-state index contributed by atoms with van der Waals surface area (Å²) in [6.07, 6.45) is 0.315. The van der Waals surface area contributed by atoms with Gasteiger partial charge in [-0.25, -0.2) is 0 Å². The molecule has 2 aromatic rings. The highest BCUT2D eigenvalue weighted by molar-refractivity contribution is 6.87. The van der Waals surface area contributed by atoms with Crippen molar-refractivity contribution in [3.05, 3.63) is 70.8 Å². The molecule has 0 saturated heterocycles. The third-order valence-electron chi connectivity index (χ3n) is 6.17. The van der Waals surface area contributed by atoms with Gasteiger partial charge in [0.1, 0.15) is 17.3 Å². The van der Waals surface area contributed by atoms with Crippen molar-refractivity contribution in [2.45, 2.75) is 103 Å². The van der Waals surface area contributed by atoms with Gasteiger partial charge in [-0.15, -0.1) is 0 Å². The van der Waals surface area contributed by atoms with Crippen LogP contribution in [0, 0.1) is 0 Å². The van der Waals surface area contributed by atoms with E-state index in [2.05, 4.69) is 45.8 Å². The first kappa shape index (κ1) is 35.4. The first-order valence-electron chi connectivity index (χ1n) is 14.3. The molecule has 0 unspecified atom stereocenters. The summed E-state index contributed by atoms with van der Waals surface area (Å²) in [5.41, 5.74) is -0.412. The lowest BCUT2D eigenvalue weighted by atomic mass is 9.92. The second-order valence-electron chi connectivity index (χ2n) is 13.9. The molecule has 41 heavy (non-hydrogen) atoms. The summed E-state index contributed by atoms with van der Waals surface area (Å²) in [4.78, 5) is 25.1. The van der Waals surface area contributed by atoms with Crippen LogP contribution in [0.4, 0.5) is 0 Å². The Kier molecular flexibility index (Phi) is 11.5. The highest BCUT2D eigenvalue weighted by Crippen LogP contribution is 2.30. The Morgan fingerprint density at radius 1 is 0.683 bits per heavy atom. The lowest BCUT2D eigenvalue weighted by Crippen LogP contribution is -2.52. The maximum atomic E-state index is 12.6. The van der Waals surface area contributed by atoms with E-state index in [1.54, 1.807) is 24.3 Å². The van der Waals surface area contributed by atoms with Gasteiger partial charge >= 0.3 is 8.56 Å². The molecule has 0 bridgehead atoms. The van der Waals surface area contributed by atoms with Gasteiger partial charge in [-0.3, -0.25) is 9.59 Å². The zero-order chi connectivity index (χ0) is 31.4. The Morgan fingerprint density at radius 3 is 1.32 bits per heavy atom. The van der Waals surface area contributed by atoms with Crippen molar-refractivity contribution in [1.82, 2.24) is 0 Å². The molecule has 0 saturated carbocycles. The zero-order valence-corrected chi connectivity index (χ0v) is 29.8. The van der Waals surface area contributed by atoms with E-state index >= 15 is 0 Å². The standard InChI is InChI=1S/C31H50O7Si3/c1-30(2,34)28(32)25-17-13-23(14-18-25)27(24-15-19-26(20-16-24)29(33)31(3,4)35)36-21-12-22-41(11,37-39(5,6)7)38-40(8,9)10/h13-20,27,34-35H,12,21-22H2,1-11H3. The third kappa shape index (κ3) is 11.4. The van der Waals surface area contributed by atoms with Crippen molar-refractivity contribution in [2.75, 3.05) is 6.61 Å². The maximum absolute atomic E-state index is 12.6. The van der Waals surface area contributed by atoms with Gasteiger partial charge in [0.15, 0.2) is 28.2 Å². The largest absolute Gasteiger partial charge is 0.437 e. The number of aliphatic hydroxyl groups is 2. The van der Waals surface area contributed by atoms with Crippen LogP contribution >= 0.6 is 0 Å². The number of hydrogen-bond donors (Lipinski definition) is 2. The predicted molar refractivity (Wildman–Crippen MR) is 172 cm³/mol. The summed E-state index contributed by atoms with van der Waals surface area (Å²) >= 11 is 0. The van der Waals surface area contributed by atoms with Crippen LogP contribution in [0.1, 0.15) is 72.1 Å². The summed E-state index contributed by atoms with van der Waals surface area (Å²) in [6, 6.07) is 14.9. The molecule has 0 aliphatic carbocycles. The molecule has 0 aliphatic rings. The number of ether oxygens (including phenoxy) is 1. The highest BCUT2D eigenvalue weighted by atomic mass is 28.5. The minimum atomic E-state index is -2.41. The average Bonchev–Trinajstić information content (AvgIpc) is 2.80. The molecule has 0 spiro atoms. The molecule has 0 aromatic heterocycles. The van der Waals surface area contributed by atoms with E-state index in [1.807, 2.05) is 24.3 Å². The van der Waals surface area contributed by atoms with E-state index in [-0.39, 0.29) is 11.6 Å². The van der Waals surface area contributed by atoms with E-state index in [4.69, 9.17) is 13.0 Å². The minimum Gasteiger partial charge on any atom is -0.437 e. The fourth-order valence-corrected chi connectivity index (χ4v) is 17.2. The molecular weight excluding hydrogens is 569 g/mol. The Labute approximate surface area is 249 Å². The van der Waals surface area contributed by atoms with Crippen molar-refractivity contribution in [2.24, 2.45) is 0 Å². The summed E-state index contributed by atoms with van der Waals surface area (Å²) in [6.45, 7) is 21.7. The first-order chi connectivity index (χ1) is 18.5. The number of Topliss-reactive ketones (excluding diaryl/α,β-unsaturated/α-hetero) is 2. The molecule has 0 fully saturated rings. The normalized spacial score (nSPS) is 13.5. The number of ketones is 2. The number of benzene rings is 2. The molecule has 0 heterocycles. The molecule has 2 rings (SSSR count). The van der Waals surface area contributed by atoms with Crippen LogP contribution in [0.5, 0.6) is 0 Å². The number of rotatable bonds is 15. The Morgan fingerprint density at radius 2 is 1.02 bits per heavy atom. The van der Waals surface area contributed by atoms with Gasteiger partial charge in [-0.1, -0.05) is 48.5 Å². The molecule has 7 nitrogen and oxygen atoms in total. The molecule has 228 valence electrons. The smallest absolute Gasteiger partial charge is 0.314 e. The highest BCUT2D eigenvalue weighted by Gasteiger charge is 2.40. The average molecular weight is 619 g/mol. The molecule has 0 atom stereocenters. The van der Waals surface area contributed by atoms with Gasteiger partial charge in [0.25, 0.3) is 0 Å². The summed E-state index contributed by atoms with van der Waals surface area (Å²) < 4.78 is 19.7. The summed E-state index contributed by atoms with van der Waals surface area (Å²) in [5, 5.41) is 20.3. The Balaban J connectivity index is 2.31. The quantitative estimate of drug-likeness (QED) is 0.128. The predicted octanol–water partition coefficient (Wildman–Crippen LogP) is 6.86. The van der Waals surface area contributed by atoms with Crippen LogP contribution in [0.3, 0.4) is 0 Å². The van der Waals surface area contributed by atoms with E-state index in [1.165, 1.54) is 27.7 Å². The van der Waals surface area contributed by atoms with Gasteiger partial charge in [0.05, 0.1) is 0 Å². The molecule has 10 heteroatoms. The first-order valence-corrected chi connectivity index (χ1v) is 23.6. The van der Waals surface area contributed by atoms with Crippen molar-refractivity contribution >= 4 is 36.8 Å². The molecular formula is C31H50O7Si3. The zero-order valence-electron chi connectivity index (χ0n) is 26.8. The van der Waals surface area contributed by atoms with Crippen molar-refractivity contribution < 1.29 is 32.8 Å². The van der Waals surface area contributed by atoms with Crippen LogP contribution in [0.25, 0.3) is 0 Å². The lowest BCUT2D eigenvalue weighted by Gasteiger charge is -2.38. The topological polar surface area (TPSA) is 102 Å². The molecule has 0 amide bonds. The van der Waals surface area contributed by atoms with Gasteiger partial charge in [0.2, 0.25) is 0 Å². The summed E-state index contributed by atoms with van der Waals surface area (Å²) in [5.74, 6) is -0.713. The fourth-order valence-electron chi connectivity index (χ4n) is 4.72. The lowest BCUT2D eigenvalue weighted by molar-refractivity contribution is 0.0487. The van der Waals surface area contributed by atoms with Crippen molar-refractivity contribution in [3.8, 4) is 0 Å². The van der Waals surface area contributed by atoms with Crippen molar-refractivity contribution in [3.63, 3.8) is 0 Å². The van der Waals surface area contributed by atoms with Crippen LogP contribution in [0.15, 0.2) is 48.5 Å². The second kappa shape index (κ2) is 13.3. The van der Waals surface area contributed by atoms with Crippen LogP contribution in [-0.2, 0) is 13.0 Å². The minimum absolute atomic E-state index is 0.356. The van der Waals surface area contributed by atoms with Gasteiger partial charge in [-0.2, -0.15) is 0 Å². The maximum Gasteiger partial charge on any atom is 0.314 e. The van der Waals surface area contributed by atoms with Gasteiger partial charge < -0.3 is 23.2 Å². The Bertz CT molecular complexity index is 1080. The fraction of sp³-hybridized carbons (Fsp3) is 0.548. The molecule has 2 N–H and O–H groups in total. The van der Waals surface area contributed by atoms with E-state index in [9.17, 15) is 19.8 Å². The summed E-state index contributed by atoms with van der Waals surface area (Å²) in [7, 11) is -6.02. The van der Waals surface area contributed by atoms with Crippen molar-refractivity contribution in [1.29, 1.82) is 0 Å². The van der Waals surface area contributed by atoms with Crippen LogP contribution < -0.4 is 0 Å². The monoisotopic (exact) mass is 618 g/mol. The van der Waals surface area contributed by atoms with Crippen LogP contribution in [-0.4, -0.2) is 64.8 Å². The second-order valence-corrected chi connectivity index (χ2v) is 26.8. The van der Waals surface area contributed by atoms with Crippen LogP contribution in [0.2, 0.25) is 51.9 Å². The molecule has 0 aliphatic heterocycles. The SMILES string of the molecule is CC(C)(O)C(=O)c1ccc(C(OCCC[Si](C)(O[Si](C)(C)C)O[Si](C)(C)C)c2ccc(C(=O)C(C)(C)O)cc2)cc1. The van der Waals surface area contributed by atoms with Gasteiger partial charge in [0, 0.05) is 17.7 Å². The molecule has 2 aromatic carbocycles. The number of hydrogen-bond acceptors (Lipinski definition) is 7. The van der Waals surface area contributed by atoms with E-state index < -0.39 is 42.5 Å². The molecule has 0 radical (unpaired) electrons. The van der Waals surface area contributed by atoms with E-state index in [0.29, 0.717) is 17.7 Å². The number of carbonyl (C=O) groups is 2. The van der Waals surface area contributed by atoms with E-state index in [0.717, 1.165) is 23.6 Å². The Hall–Kier alpha value is -1.77.